The molecular formula is C22H23N3O2S. The first-order valence-corrected chi connectivity index (χ1v) is 10.3. The number of carbonyl (C=O) groups is 1. The van der Waals surface area contributed by atoms with Crippen molar-refractivity contribution < 1.29 is 9.53 Å². The minimum Gasteiger partial charge on any atom is -0.451 e. The van der Waals surface area contributed by atoms with Crippen LogP contribution in [0.5, 0.6) is 0 Å². The number of hydrogen-bond acceptors (Lipinski definition) is 6. The van der Waals surface area contributed by atoms with Crippen LogP contribution >= 0.6 is 11.8 Å². The van der Waals surface area contributed by atoms with Crippen molar-refractivity contribution in [2.45, 2.75) is 37.9 Å². The lowest BCUT2D eigenvalue weighted by Gasteiger charge is -2.18. The van der Waals surface area contributed by atoms with Gasteiger partial charge in [-0.15, -0.1) is 0 Å². The zero-order valence-corrected chi connectivity index (χ0v) is 17.1. The van der Waals surface area contributed by atoms with Crippen LogP contribution in [0.1, 0.15) is 40.7 Å². The molecule has 144 valence electrons. The number of hydrogen-bond donors (Lipinski definition) is 0. The highest BCUT2D eigenvalue weighted by Gasteiger charge is 2.20. The molecular weight excluding hydrogens is 370 g/mol. The summed E-state index contributed by atoms with van der Waals surface area (Å²) < 4.78 is 5.82. The Kier molecular flexibility index (Phi) is 6.76. The maximum Gasteiger partial charge on any atom is 0.307 e. The molecule has 1 atom stereocenters. The first-order valence-electron chi connectivity index (χ1n) is 9.12. The molecule has 0 aliphatic rings. The number of benzene rings is 1. The standard InChI is InChI=1S/C22H23N3O2S/c1-15-18(16(2)25-22(24-15)28-3)12-13-20(26)27-21(17-9-5-4-6-10-17)19-11-7-8-14-23-19/h4-11,14,21H,12-13H2,1-3H3. The van der Waals surface area contributed by atoms with Crippen LogP contribution in [-0.4, -0.2) is 27.2 Å². The molecule has 0 radical (unpaired) electrons. The Morgan fingerprint density at radius 1 is 1.04 bits per heavy atom. The molecule has 0 aliphatic carbocycles. The molecule has 6 heteroatoms. The molecule has 0 aliphatic heterocycles. The van der Waals surface area contributed by atoms with Gasteiger partial charge in [-0.3, -0.25) is 9.78 Å². The third-order valence-electron chi connectivity index (χ3n) is 4.47. The van der Waals surface area contributed by atoms with Crippen LogP contribution in [-0.2, 0) is 16.0 Å². The van der Waals surface area contributed by atoms with E-state index in [0.29, 0.717) is 12.1 Å². The van der Waals surface area contributed by atoms with E-state index in [9.17, 15) is 4.79 Å². The van der Waals surface area contributed by atoms with Gasteiger partial charge in [0.15, 0.2) is 11.3 Å². The van der Waals surface area contributed by atoms with Gasteiger partial charge in [-0.05, 0) is 49.8 Å². The quantitative estimate of drug-likeness (QED) is 0.335. The lowest BCUT2D eigenvalue weighted by molar-refractivity contribution is -0.147. The van der Waals surface area contributed by atoms with Crippen molar-refractivity contribution in [3.05, 3.63) is 82.9 Å². The normalized spacial score (nSPS) is 11.8. The highest BCUT2D eigenvalue weighted by molar-refractivity contribution is 7.98. The van der Waals surface area contributed by atoms with Crippen molar-refractivity contribution >= 4 is 17.7 Å². The highest BCUT2D eigenvalue weighted by atomic mass is 32.2. The molecule has 28 heavy (non-hydrogen) atoms. The van der Waals surface area contributed by atoms with Gasteiger partial charge in [0.25, 0.3) is 0 Å². The molecule has 0 fully saturated rings. The summed E-state index contributed by atoms with van der Waals surface area (Å²) in [7, 11) is 0. The van der Waals surface area contributed by atoms with E-state index in [1.165, 1.54) is 11.8 Å². The van der Waals surface area contributed by atoms with Crippen molar-refractivity contribution in [2.24, 2.45) is 0 Å². The fourth-order valence-electron chi connectivity index (χ4n) is 3.04. The van der Waals surface area contributed by atoms with Gasteiger partial charge in [-0.2, -0.15) is 0 Å². The summed E-state index contributed by atoms with van der Waals surface area (Å²) >= 11 is 1.51. The molecule has 3 aromatic rings. The van der Waals surface area contributed by atoms with Gasteiger partial charge in [0.2, 0.25) is 0 Å². The van der Waals surface area contributed by atoms with E-state index < -0.39 is 6.10 Å². The molecule has 5 nitrogen and oxygen atoms in total. The number of rotatable bonds is 7. The van der Waals surface area contributed by atoms with E-state index in [2.05, 4.69) is 15.0 Å². The second-order valence-corrected chi connectivity index (χ2v) is 7.17. The van der Waals surface area contributed by atoms with Crippen molar-refractivity contribution in [3.63, 3.8) is 0 Å². The highest BCUT2D eigenvalue weighted by Crippen LogP contribution is 2.25. The lowest BCUT2D eigenvalue weighted by Crippen LogP contribution is -2.15. The number of thioether (sulfide) groups is 1. The van der Waals surface area contributed by atoms with Gasteiger partial charge >= 0.3 is 5.97 Å². The lowest BCUT2D eigenvalue weighted by atomic mass is 10.1. The monoisotopic (exact) mass is 393 g/mol. The first-order chi connectivity index (χ1) is 13.6. The molecule has 0 spiro atoms. The van der Waals surface area contributed by atoms with E-state index in [1.807, 2.05) is 68.6 Å². The number of aryl methyl sites for hydroxylation is 2. The Morgan fingerprint density at radius 3 is 2.32 bits per heavy atom. The number of pyridine rings is 1. The van der Waals surface area contributed by atoms with E-state index >= 15 is 0 Å². The van der Waals surface area contributed by atoms with Gasteiger partial charge in [-0.1, -0.05) is 48.2 Å². The van der Waals surface area contributed by atoms with Crippen molar-refractivity contribution in [2.75, 3.05) is 6.26 Å². The van der Waals surface area contributed by atoms with Crippen LogP contribution < -0.4 is 0 Å². The maximum atomic E-state index is 12.6. The summed E-state index contributed by atoms with van der Waals surface area (Å²) in [5, 5.41) is 0.751. The summed E-state index contributed by atoms with van der Waals surface area (Å²) in [6, 6.07) is 15.3. The van der Waals surface area contributed by atoms with E-state index in [1.54, 1.807) is 6.20 Å². The minimum absolute atomic E-state index is 0.264. The van der Waals surface area contributed by atoms with E-state index in [0.717, 1.165) is 27.7 Å². The number of esters is 1. The molecule has 0 N–H and O–H groups in total. The molecule has 3 rings (SSSR count). The van der Waals surface area contributed by atoms with Crippen LogP contribution in [0, 0.1) is 13.8 Å². The average molecular weight is 394 g/mol. The average Bonchev–Trinajstić information content (AvgIpc) is 2.72. The summed E-state index contributed by atoms with van der Waals surface area (Å²) in [5.74, 6) is -0.271. The Labute approximate surface area is 169 Å². The van der Waals surface area contributed by atoms with Crippen LogP contribution in [0.25, 0.3) is 0 Å². The van der Waals surface area contributed by atoms with Crippen LogP contribution in [0.3, 0.4) is 0 Å². The predicted molar refractivity (Wildman–Crippen MR) is 110 cm³/mol. The van der Waals surface area contributed by atoms with Crippen molar-refractivity contribution in [1.82, 2.24) is 15.0 Å². The van der Waals surface area contributed by atoms with Gasteiger partial charge in [0.1, 0.15) is 0 Å². The van der Waals surface area contributed by atoms with E-state index in [4.69, 9.17) is 4.74 Å². The first kappa shape index (κ1) is 20.0. The Bertz CT molecular complexity index is 871. The second kappa shape index (κ2) is 9.46. The zero-order valence-electron chi connectivity index (χ0n) is 16.3. The SMILES string of the molecule is CSc1nc(C)c(CCC(=O)OC(c2ccccc2)c2ccccn2)c(C)n1. The third-order valence-corrected chi connectivity index (χ3v) is 5.02. The Morgan fingerprint density at radius 2 is 1.71 bits per heavy atom. The van der Waals surface area contributed by atoms with Crippen LogP contribution in [0.15, 0.2) is 59.9 Å². The molecule has 0 bridgehead atoms. The summed E-state index contributed by atoms with van der Waals surface area (Å²) in [6.07, 6.45) is 3.95. The molecule has 2 heterocycles. The van der Waals surface area contributed by atoms with Crippen molar-refractivity contribution in [1.29, 1.82) is 0 Å². The zero-order chi connectivity index (χ0) is 19.9. The summed E-state index contributed by atoms with van der Waals surface area (Å²) in [6.45, 7) is 3.91. The second-order valence-electron chi connectivity index (χ2n) is 6.39. The van der Waals surface area contributed by atoms with Crippen LogP contribution in [0.4, 0.5) is 0 Å². The fourth-order valence-corrected chi connectivity index (χ4v) is 3.49. The van der Waals surface area contributed by atoms with Crippen molar-refractivity contribution in [3.8, 4) is 0 Å². The van der Waals surface area contributed by atoms with Gasteiger partial charge in [0, 0.05) is 24.0 Å². The van der Waals surface area contributed by atoms with Crippen LogP contribution in [0.2, 0.25) is 0 Å². The largest absolute Gasteiger partial charge is 0.451 e. The topological polar surface area (TPSA) is 65.0 Å². The molecule has 2 aromatic heterocycles. The number of nitrogens with zero attached hydrogens (tertiary/aromatic N) is 3. The predicted octanol–water partition coefficient (Wildman–Crippen LogP) is 4.48. The number of ether oxygens (including phenoxy) is 1. The minimum atomic E-state index is -0.521. The van der Waals surface area contributed by atoms with Gasteiger partial charge < -0.3 is 4.74 Å². The fraction of sp³-hybridized carbons (Fsp3) is 0.273. The molecule has 0 amide bonds. The number of carbonyl (C=O) groups excluding carboxylic acids is 1. The molecule has 0 saturated carbocycles. The molecule has 1 aromatic carbocycles. The van der Waals surface area contributed by atoms with Gasteiger partial charge in [0.05, 0.1) is 5.69 Å². The Hall–Kier alpha value is -2.73. The van der Waals surface area contributed by atoms with Gasteiger partial charge in [-0.25, -0.2) is 9.97 Å². The smallest absolute Gasteiger partial charge is 0.307 e. The number of aromatic nitrogens is 3. The Balaban J connectivity index is 1.73. The third kappa shape index (κ3) is 4.95. The molecule has 1 unspecified atom stereocenters. The molecule has 0 saturated heterocycles. The summed E-state index contributed by atoms with van der Waals surface area (Å²) in [4.78, 5) is 26.0. The summed E-state index contributed by atoms with van der Waals surface area (Å²) in [5.41, 5.74) is 4.43. The van der Waals surface area contributed by atoms with E-state index in [-0.39, 0.29) is 12.4 Å². The maximum absolute atomic E-state index is 12.6.